The van der Waals surface area contributed by atoms with Crippen LogP contribution in [0.15, 0.2) is 46.5 Å². The van der Waals surface area contributed by atoms with Gasteiger partial charge in [-0.3, -0.25) is 0 Å². The summed E-state index contributed by atoms with van der Waals surface area (Å²) >= 11 is 13.3. The molecule has 0 spiro atoms. The summed E-state index contributed by atoms with van der Waals surface area (Å²) in [7, 11) is 0. The summed E-state index contributed by atoms with van der Waals surface area (Å²) in [6.45, 7) is 1.71. The molecule has 5 heteroatoms. The van der Waals surface area contributed by atoms with E-state index in [1.54, 1.807) is 25.3 Å². The summed E-state index contributed by atoms with van der Waals surface area (Å²) in [6.07, 6.45) is 1.14. The number of hydrogen-bond acceptors (Lipinski definition) is 3. The van der Waals surface area contributed by atoms with Crippen LogP contribution in [0.25, 0.3) is 0 Å². The van der Waals surface area contributed by atoms with Gasteiger partial charge in [0.2, 0.25) is 0 Å². The Morgan fingerprint density at radius 1 is 1.22 bits per heavy atom. The molecule has 0 aliphatic carbocycles. The number of pyridine rings is 1. The largest absolute Gasteiger partial charge is 0.389 e. The molecule has 0 fully saturated rings. The maximum atomic E-state index is 9.69. The van der Waals surface area contributed by atoms with E-state index >= 15 is 0 Å². The molecule has 0 radical (unpaired) electrons. The van der Waals surface area contributed by atoms with Crippen LogP contribution in [0.3, 0.4) is 0 Å². The van der Waals surface area contributed by atoms with Gasteiger partial charge in [-0.05, 0) is 31.2 Å². The third-order valence-corrected chi connectivity index (χ3v) is 3.74. The first-order valence-corrected chi connectivity index (χ1v) is 6.90. The molecule has 1 aromatic heterocycles. The van der Waals surface area contributed by atoms with Gasteiger partial charge in [-0.15, -0.1) is 0 Å². The van der Waals surface area contributed by atoms with Crippen LogP contribution in [0.1, 0.15) is 18.6 Å². The molecule has 0 bridgehead atoms. The van der Waals surface area contributed by atoms with E-state index in [9.17, 15) is 5.11 Å². The fraction of sp³-hybridized carbons (Fsp3) is 0.154. The van der Waals surface area contributed by atoms with Gasteiger partial charge in [0, 0.05) is 26.7 Å². The summed E-state index contributed by atoms with van der Waals surface area (Å²) in [5, 5.41) is 11.6. The lowest BCUT2D eigenvalue weighted by molar-refractivity contribution is 0.195. The standard InChI is InChI=1S/C13H11Cl2NOS/c1-8(17)12-3-2-4-16-13(12)18-11-6-9(14)5-10(15)7-11/h2-8,17H,1H3/t8-/m0/s1. The molecule has 1 aromatic carbocycles. The lowest BCUT2D eigenvalue weighted by atomic mass is 10.2. The van der Waals surface area contributed by atoms with Crippen molar-refractivity contribution in [2.24, 2.45) is 0 Å². The molecule has 18 heavy (non-hydrogen) atoms. The molecule has 0 saturated heterocycles. The van der Waals surface area contributed by atoms with Crippen LogP contribution >= 0.6 is 35.0 Å². The van der Waals surface area contributed by atoms with Crippen molar-refractivity contribution in [3.63, 3.8) is 0 Å². The third kappa shape index (κ3) is 3.39. The molecule has 0 saturated carbocycles. The fourth-order valence-electron chi connectivity index (χ4n) is 1.51. The molecule has 1 heterocycles. The molecule has 2 nitrogen and oxygen atoms in total. The van der Waals surface area contributed by atoms with Crippen molar-refractivity contribution in [1.82, 2.24) is 4.98 Å². The van der Waals surface area contributed by atoms with E-state index in [1.807, 2.05) is 18.2 Å². The van der Waals surface area contributed by atoms with Gasteiger partial charge < -0.3 is 5.11 Å². The second-order valence-electron chi connectivity index (χ2n) is 3.78. The number of rotatable bonds is 3. The predicted molar refractivity (Wildman–Crippen MR) is 75.5 cm³/mol. The van der Waals surface area contributed by atoms with Crippen molar-refractivity contribution < 1.29 is 5.11 Å². The Morgan fingerprint density at radius 2 is 1.89 bits per heavy atom. The Hall–Kier alpha value is -0.740. The fourth-order valence-corrected chi connectivity index (χ4v) is 3.23. The SMILES string of the molecule is C[C@H](O)c1cccnc1Sc1cc(Cl)cc(Cl)c1. The highest BCUT2D eigenvalue weighted by Gasteiger charge is 2.10. The Kier molecular flexibility index (Phi) is 4.51. The second kappa shape index (κ2) is 5.93. The van der Waals surface area contributed by atoms with Crippen LogP contribution in [0, 0.1) is 0 Å². The third-order valence-electron chi connectivity index (χ3n) is 2.30. The molecule has 2 aromatic rings. The van der Waals surface area contributed by atoms with Gasteiger partial charge in [-0.2, -0.15) is 0 Å². The van der Waals surface area contributed by atoms with Gasteiger partial charge in [-0.1, -0.05) is 41.0 Å². The minimum atomic E-state index is -0.559. The quantitative estimate of drug-likeness (QED) is 0.899. The summed E-state index contributed by atoms with van der Waals surface area (Å²) in [5.41, 5.74) is 0.790. The highest BCUT2D eigenvalue weighted by molar-refractivity contribution is 7.99. The molecule has 2 rings (SSSR count). The van der Waals surface area contributed by atoms with E-state index in [1.165, 1.54) is 11.8 Å². The van der Waals surface area contributed by atoms with Crippen LogP contribution in [-0.2, 0) is 0 Å². The first-order chi connectivity index (χ1) is 8.56. The van der Waals surface area contributed by atoms with E-state index in [0.717, 1.165) is 15.5 Å². The molecule has 0 amide bonds. The van der Waals surface area contributed by atoms with Gasteiger partial charge >= 0.3 is 0 Å². The van der Waals surface area contributed by atoms with E-state index in [4.69, 9.17) is 23.2 Å². The number of aliphatic hydroxyl groups is 1. The van der Waals surface area contributed by atoms with Gasteiger partial charge in [0.15, 0.2) is 0 Å². The van der Waals surface area contributed by atoms with E-state index in [0.29, 0.717) is 10.0 Å². The maximum absolute atomic E-state index is 9.69. The molecule has 0 aliphatic rings. The Morgan fingerprint density at radius 3 is 2.50 bits per heavy atom. The predicted octanol–water partition coefficient (Wildman–Crippen LogP) is 4.59. The Bertz CT molecular complexity index is 540. The highest BCUT2D eigenvalue weighted by Crippen LogP contribution is 2.34. The van der Waals surface area contributed by atoms with E-state index in [2.05, 4.69) is 4.98 Å². The highest BCUT2D eigenvalue weighted by atomic mass is 35.5. The average molecular weight is 300 g/mol. The molecule has 1 atom stereocenters. The zero-order chi connectivity index (χ0) is 13.1. The van der Waals surface area contributed by atoms with Crippen molar-refractivity contribution in [3.05, 3.63) is 52.1 Å². The number of benzene rings is 1. The van der Waals surface area contributed by atoms with Crippen LogP contribution in [0.2, 0.25) is 10.0 Å². The lowest BCUT2D eigenvalue weighted by Gasteiger charge is -2.10. The van der Waals surface area contributed by atoms with Crippen LogP contribution in [0.4, 0.5) is 0 Å². The summed E-state index contributed by atoms with van der Waals surface area (Å²) in [4.78, 5) is 5.17. The molecule has 94 valence electrons. The molecule has 1 N–H and O–H groups in total. The second-order valence-corrected chi connectivity index (χ2v) is 5.72. The monoisotopic (exact) mass is 299 g/mol. The topological polar surface area (TPSA) is 33.1 Å². The Balaban J connectivity index is 2.34. The molecular weight excluding hydrogens is 289 g/mol. The summed E-state index contributed by atoms with van der Waals surface area (Å²) in [5.74, 6) is 0. The van der Waals surface area contributed by atoms with E-state index in [-0.39, 0.29) is 0 Å². The van der Waals surface area contributed by atoms with Crippen molar-refractivity contribution >= 4 is 35.0 Å². The van der Waals surface area contributed by atoms with Crippen molar-refractivity contribution in [2.75, 3.05) is 0 Å². The Labute approximate surface area is 120 Å². The van der Waals surface area contributed by atoms with Crippen molar-refractivity contribution in [2.45, 2.75) is 22.9 Å². The average Bonchev–Trinajstić information content (AvgIpc) is 2.27. The minimum absolute atomic E-state index is 0.559. The molecule has 0 unspecified atom stereocenters. The normalized spacial score (nSPS) is 12.4. The summed E-state index contributed by atoms with van der Waals surface area (Å²) < 4.78 is 0. The number of hydrogen-bond donors (Lipinski definition) is 1. The lowest BCUT2D eigenvalue weighted by Crippen LogP contribution is -1.95. The summed E-state index contributed by atoms with van der Waals surface area (Å²) in [6, 6.07) is 8.97. The number of aromatic nitrogens is 1. The minimum Gasteiger partial charge on any atom is -0.389 e. The van der Waals surface area contributed by atoms with Gasteiger partial charge in [0.1, 0.15) is 5.03 Å². The molecule has 0 aliphatic heterocycles. The van der Waals surface area contributed by atoms with Crippen molar-refractivity contribution in [3.8, 4) is 0 Å². The van der Waals surface area contributed by atoms with Gasteiger partial charge in [-0.25, -0.2) is 4.98 Å². The van der Waals surface area contributed by atoms with Crippen molar-refractivity contribution in [1.29, 1.82) is 0 Å². The van der Waals surface area contributed by atoms with Crippen LogP contribution < -0.4 is 0 Å². The van der Waals surface area contributed by atoms with Gasteiger partial charge in [0.05, 0.1) is 6.10 Å². The molecular formula is C13H11Cl2NOS. The maximum Gasteiger partial charge on any atom is 0.106 e. The van der Waals surface area contributed by atoms with Gasteiger partial charge in [0.25, 0.3) is 0 Å². The van der Waals surface area contributed by atoms with Crippen LogP contribution in [0.5, 0.6) is 0 Å². The first kappa shape index (κ1) is 13.7. The first-order valence-electron chi connectivity index (χ1n) is 5.33. The zero-order valence-electron chi connectivity index (χ0n) is 9.60. The van der Waals surface area contributed by atoms with Crippen LogP contribution in [-0.4, -0.2) is 10.1 Å². The number of aliphatic hydroxyl groups excluding tert-OH is 1. The number of nitrogens with zero attached hydrogens (tertiary/aromatic N) is 1. The number of halogens is 2. The van der Waals surface area contributed by atoms with E-state index < -0.39 is 6.10 Å². The smallest absolute Gasteiger partial charge is 0.106 e. The zero-order valence-corrected chi connectivity index (χ0v) is 11.9.